The Morgan fingerprint density at radius 1 is 1.57 bits per heavy atom. The minimum atomic E-state index is -1.08. The van der Waals surface area contributed by atoms with Crippen LogP contribution >= 0.6 is 9.90 Å². The topological polar surface area (TPSA) is 71.6 Å². The number of rotatable bonds is 0. The van der Waals surface area contributed by atoms with Gasteiger partial charge in [0.15, 0.2) is 0 Å². The number of carbonyl (C=O) groups is 1. The van der Waals surface area contributed by atoms with E-state index in [9.17, 15) is 0 Å². The van der Waals surface area contributed by atoms with Crippen LogP contribution in [0.5, 0.6) is 0 Å². The summed E-state index contributed by atoms with van der Waals surface area (Å²) in [5.41, 5.74) is 0. The normalized spacial score (nSPS) is 3.57. The summed E-state index contributed by atoms with van der Waals surface area (Å²) in [5, 5.41) is 8.89. The first-order chi connectivity index (χ1) is 1.73. The van der Waals surface area contributed by atoms with Crippen molar-refractivity contribution in [2.24, 2.45) is 0 Å². The monoisotopic (exact) mass is 150 g/mol. The van der Waals surface area contributed by atoms with Crippen molar-refractivity contribution in [2.45, 2.75) is 6.92 Å². The molecule has 0 spiro atoms. The first-order valence-corrected chi connectivity index (χ1v) is 0.908. The van der Waals surface area contributed by atoms with Gasteiger partial charge in [0.25, 0.3) is 0 Å². The third-order valence-corrected chi connectivity index (χ3v) is 0. The van der Waals surface area contributed by atoms with Crippen LogP contribution in [-0.2, 0) is 4.79 Å². The van der Waals surface area contributed by atoms with Crippen molar-refractivity contribution in [2.75, 3.05) is 0 Å². The zero-order valence-electron chi connectivity index (χ0n) is 4.52. The smallest absolute Gasteiger partial charge is 0.550 e. The molecular weight excluding hydrogens is 142 g/mol. The summed E-state index contributed by atoms with van der Waals surface area (Å²) in [4.78, 5) is 8.89. The molecule has 0 amide bonds. The van der Waals surface area contributed by atoms with Gasteiger partial charge in [0, 0.05) is 5.97 Å². The SMILES string of the molecule is CC(=O)[O-].O.P.[K+]. The maximum atomic E-state index is 8.89. The largest absolute Gasteiger partial charge is 1.00 e. The Morgan fingerprint density at radius 3 is 1.57 bits per heavy atom. The molecule has 0 aliphatic carbocycles. The van der Waals surface area contributed by atoms with Crippen LogP contribution in [0.3, 0.4) is 0 Å². The number of hydrogen-bond acceptors (Lipinski definition) is 2. The van der Waals surface area contributed by atoms with Gasteiger partial charge in [-0.3, -0.25) is 0 Å². The molecule has 40 valence electrons. The van der Waals surface area contributed by atoms with Gasteiger partial charge < -0.3 is 15.4 Å². The quantitative estimate of drug-likeness (QED) is 0.256. The zero-order chi connectivity index (χ0) is 3.58. The van der Waals surface area contributed by atoms with Crippen molar-refractivity contribution < 1.29 is 66.8 Å². The van der Waals surface area contributed by atoms with E-state index in [0.29, 0.717) is 0 Å². The molecule has 7 heavy (non-hydrogen) atoms. The standard InChI is InChI=1S/C2H4O2.K.H2O.H3P/c1-2(3)4;;;/h1H3,(H,3,4);;1H2;1H3/q;+1;;/p-1. The average molecular weight is 150 g/mol. The van der Waals surface area contributed by atoms with E-state index in [4.69, 9.17) is 9.90 Å². The Morgan fingerprint density at radius 2 is 1.57 bits per heavy atom. The van der Waals surface area contributed by atoms with Gasteiger partial charge in [-0.25, -0.2) is 0 Å². The molecule has 0 aliphatic rings. The van der Waals surface area contributed by atoms with Crippen LogP contribution < -0.4 is 56.5 Å². The fraction of sp³-hybridized carbons (Fsp3) is 0.500. The summed E-state index contributed by atoms with van der Waals surface area (Å²) in [5.74, 6) is -1.08. The van der Waals surface area contributed by atoms with Crippen molar-refractivity contribution in [3.8, 4) is 0 Å². The fourth-order valence-corrected chi connectivity index (χ4v) is 0. The van der Waals surface area contributed by atoms with Crippen molar-refractivity contribution in [1.29, 1.82) is 0 Å². The van der Waals surface area contributed by atoms with Crippen molar-refractivity contribution in [3.05, 3.63) is 0 Å². The second kappa shape index (κ2) is 15.6. The molecule has 0 rings (SSSR count). The van der Waals surface area contributed by atoms with E-state index in [0.717, 1.165) is 6.92 Å². The van der Waals surface area contributed by atoms with Gasteiger partial charge in [0.1, 0.15) is 0 Å². The molecular formula is C2H8KO3P. The van der Waals surface area contributed by atoms with Gasteiger partial charge in [0.2, 0.25) is 0 Å². The summed E-state index contributed by atoms with van der Waals surface area (Å²) in [6.45, 7) is 0.972. The molecule has 0 radical (unpaired) electrons. The summed E-state index contributed by atoms with van der Waals surface area (Å²) in [6, 6.07) is 0. The molecule has 0 aliphatic heterocycles. The van der Waals surface area contributed by atoms with Gasteiger partial charge in [-0.1, -0.05) is 0 Å². The van der Waals surface area contributed by atoms with E-state index in [-0.39, 0.29) is 66.8 Å². The van der Waals surface area contributed by atoms with Crippen molar-refractivity contribution >= 4 is 15.9 Å². The molecule has 0 aromatic heterocycles. The maximum absolute atomic E-state index is 8.89. The maximum Gasteiger partial charge on any atom is 1.00 e. The van der Waals surface area contributed by atoms with Crippen LogP contribution in [0, 0.1) is 0 Å². The van der Waals surface area contributed by atoms with Crippen LogP contribution in [0.1, 0.15) is 6.92 Å². The molecule has 0 saturated heterocycles. The van der Waals surface area contributed by atoms with Crippen LogP contribution in [0.4, 0.5) is 0 Å². The number of carboxylic acid groups (broad SMARTS) is 1. The molecule has 1 atom stereocenters. The second-order valence-corrected chi connectivity index (χ2v) is 0.492. The molecule has 3 nitrogen and oxygen atoms in total. The molecule has 0 aromatic carbocycles. The van der Waals surface area contributed by atoms with E-state index in [2.05, 4.69) is 0 Å². The number of carbonyl (C=O) groups excluding carboxylic acids is 1. The molecule has 0 bridgehead atoms. The van der Waals surface area contributed by atoms with E-state index in [1.807, 2.05) is 0 Å². The number of aliphatic carboxylic acids is 1. The van der Waals surface area contributed by atoms with Crippen LogP contribution in [0.25, 0.3) is 0 Å². The number of hydrogen-bond donors (Lipinski definition) is 0. The summed E-state index contributed by atoms with van der Waals surface area (Å²) < 4.78 is 0. The first kappa shape index (κ1) is 23.6. The summed E-state index contributed by atoms with van der Waals surface area (Å²) in [7, 11) is 0. The third-order valence-electron chi connectivity index (χ3n) is 0. The molecule has 0 fully saturated rings. The fourth-order valence-electron chi connectivity index (χ4n) is 0. The van der Waals surface area contributed by atoms with Gasteiger partial charge in [0.05, 0.1) is 0 Å². The Kier molecular flexibility index (Phi) is 52.8. The Bertz CT molecular complexity index is 35.9. The predicted octanol–water partition coefficient (Wildman–Crippen LogP) is -5.01. The molecule has 0 aromatic rings. The minimum Gasteiger partial charge on any atom is -0.550 e. The van der Waals surface area contributed by atoms with Crippen LogP contribution in [0.2, 0.25) is 0 Å². The van der Waals surface area contributed by atoms with Crippen LogP contribution in [0.15, 0.2) is 0 Å². The first-order valence-electron chi connectivity index (χ1n) is 0.908. The molecule has 2 N–H and O–H groups in total. The molecule has 0 saturated carbocycles. The van der Waals surface area contributed by atoms with Gasteiger partial charge in [-0.2, -0.15) is 9.90 Å². The Labute approximate surface area is 88.2 Å². The summed E-state index contributed by atoms with van der Waals surface area (Å²) in [6.07, 6.45) is 0. The molecule has 0 heterocycles. The Balaban J connectivity index is -0.0000000150. The van der Waals surface area contributed by atoms with Gasteiger partial charge in [-0.15, -0.1) is 0 Å². The van der Waals surface area contributed by atoms with E-state index in [1.165, 1.54) is 0 Å². The second-order valence-electron chi connectivity index (χ2n) is 0.492. The van der Waals surface area contributed by atoms with E-state index >= 15 is 0 Å². The zero-order valence-corrected chi connectivity index (χ0v) is 9.06. The van der Waals surface area contributed by atoms with E-state index in [1.54, 1.807) is 0 Å². The average Bonchev–Trinajstić information content (AvgIpc) is 0.811. The van der Waals surface area contributed by atoms with Gasteiger partial charge >= 0.3 is 51.4 Å². The minimum absolute atomic E-state index is 0. The third kappa shape index (κ3) is 101. The van der Waals surface area contributed by atoms with E-state index < -0.39 is 5.97 Å². The molecule has 5 heteroatoms. The van der Waals surface area contributed by atoms with Crippen LogP contribution in [-0.4, -0.2) is 11.4 Å². The van der Waals surface area contributed by atoms with Crippen molar-refractivity contribution in [1.82, 2.24) is 0 Å². The summed E-state index contributed by atoms with van der Waals surface area (Å²) >= 11 is 0. The van der Waals surface area contributed by atoms with Crippen molar-refractivity contribution in [3.63, 3.8) is 0 Å². The van der Waals surface area contributed by atoms with Gasteiger partial charge in [-0.05, 0) is 6.92 Å². The number of carboxylic acids is 1. The Hall–Kier alpha value is 1.50. The predicted molar refractivity (Wildman–Crippen MR) is 25.4 cm³/mol. The molecule has 1 unspecified atom stereocenters.